The molecule has 2 aliphatic rings. The van der Waals surface area contributed by atoms with E-state index in [4.69, 9.17) is 32.9 Å². The van der Waals surface area contributed by atoms with Crippen molar-refractivity contribution in [2.75, 3.05) is 18.5 Å². The molecule has 0 aliphatic carbocycles. The molecular weight excluding hydrogens is 1300 g/mol. The van der Waals surface area contributed by atoms with Crippen LogP contribution in [0.3, 0.4) is 0 Å². The fourth-order valence-corrected chi connectivity index (χ4v) is 13.0. The van der Waals surface area contributed by atoms with E-state index in [1.807, 2.05) is 4.90 Å². The number of hydrogen-bond acceptors (Lipinski definition) is 19. The molecule has 1 unspecified atom stereocenters. The third kappa shape index (κ3) is 14.6. The first-order chi connectivity index (χ1) is 48.7. The number of imidazole rings is 1. The fraction of sp³-hybridized carbons (Fsp3) is 0.132. The lowest BCUT2D eigenvalue weighted by atomic mass is 9.75. The van der Waals surface area contributed by atoms with Crippen molar-refractivity contribution in [2.45, 2.75) is 49.0 Å². The average Bonchev–Trinajstić information content (AvgIpc) is 1.20. The molecular formula is C76H60N7O16P. The van der Waals surface area contributed by atoms with Crippen LogP contribution in [-0.2, 0) is 33.6 Å². The molecule has 2 amide bonds. The Bertz CT molecular complexity index is 4580. The molecule has 100 heavy (non-hydrogen) atoms. The van der Waals surface area contributed by atoms with Crippen LogP contribution in [0.25, 0.3) is 11.2 Å². The maximum Gasteiger partial charge on any atom is 0.432 e. The summed E-state index contributed by atoms with van der Waals surface area (Å²) in [6.45, 7) is -0.725. The highest BCUT2D eigenvalue weighted by Crippen LogP contribution is 2.49. The summed E-state index contributed by atoms with van der Waals surface area (Å²) in [5.41, 5.74) is 1.48. The highest BCUT2D eigenvalue weighted by molar-refractivity contribution is 7.51. The van der Waals surface area contributed by atoms with E-state index in [2.05, 4.69) is 25.4 Å². The quantitative estimate of drug-likeness (QED) is 0.0246. The van der Waals surface area contributed by atoms with Gasteiger partial charge in [0.15, 0.2) is 35.4 Å². The first-order valence-corrected chi connectivity index (χ1v) is 33.2. The third-order valence-corrected chi connectivity index (χ3v) is 17.8. The number of carbonyl (C=O) groups excluding carboxylic acids is 7. The zero-order valence-electron chi connectivity index (χ0n) is 52.9. The molecule has 0 bridgehead atoms. The Morgan fingerprint density at radius 2 is 0.900 bits per heavy atom. The zero-order chi connectivity index (χ0) is 69.2. The minimum Gasteiger partial charge on any atom is -0.452 e. The number of nitrogens with zero attached hydrogens (tertiary/aromatic N) is 5. The monoisotopic (exact) mass is 1360 g/mol. The second-order valence-electron chi connectivity index (χ2n) is 23.1. The molecule has 2 aromatic heterocycles. The standard InChI is InChI=1S/C76H60N7O16P/c84-68(49-20-7-1-8-21-49)80-66-63-67(78-47-77-66)82(48-79-63)70-65(99-75(90)54-30-17-6-18-31-54)64(98-74(89)53-28-15-5-16-29-53)62(97-70)46-93-100(91,92)81-69(85)61-32-19-45-83(61)76(55-33-39-58(40-34-55)94-71(86)50-22-9-2-10-23-50,56-35-41-59(42-36-56)95-72(87)51-24-11-3-12-25-51)57-37-43-60(44-38-57)96-73(88)52-26-13-4-14-27-52/h1-18,20-31,33-44,47-48,61-62,64-65,70H,19,32,45-46H2,(H,77,78,80,84)(H2,81,85,91,92)/t61-,62+,64+,65+,70+/m0/s1. The first kappa shape index (κ1) is 66.5. The van der Waals surface area contributed by atoms with Crippen molar-refractivity contribution < 1.29 is 76.0 Å². The van der Waals surface area contributed by atoms with Crippen molar-refractivity contribution in [1.82, 2.24) is 29.5 Å². The van der Waals surface area contributed by atoms with Gasteiger partial charge >= 0.3 is 37.6 Å². The highest BCUT2D eigenvalue weighted by atomic mass is 31.2. The maximum absolute atomic E-state index is 15.4. The predicted octanol–water partition coefficient (Wildman–Crippen LogP) is 11.8. The van der Waals surface area contributed by atoms with Gasteiger partial charge in [0.1, 0.15) is 29.7 Å². The summed E-state index contributed by atoms with van der Waals surface area (Å²) in [6.07, 6.45) is -3.34. The minimum atomic E-state index is -5.34. The number of carbonyl (C=O) groups is 7. The van der Waals surface area contributed by atoms with Gasteiger partial charge in [-0.1, -0.05) is 146 Å². The molecule has 2 fully saturated rings. The lowest BCUT2D eigenvalue weighted by molar-refractivity contribution is -0.125. The fourth-order valence-electron chi connectivity index (χ4n) is 12.1. The Labute approximate surface area is 571 Å². The van der Waals surface area contributed by atoms with Crippen LogP contribution in [0.15, 0.2) is 267 Å². The predicted molar refractivity (Wildman–Crippen MR) is 362 cm³/mol. The summed E-state index contributed by atoms with van der Waals surface area (Å²) in [7, 11) is -5.34. The van der Waals surface area contributed by atoms with Crippen molar-refractivity contribution in [1.29, 1.82) is 0 Å². The summed E-state index contributed by atoms with van der Waals surface area (Å²) in [5.74, 6) is -4.57. The van der Waals surface area contributed by atoms with Crippen LogP contribution in [0, 0.1) is 0 Å². The van der Waals surface area contributed by atoms with Crippen LogP contribution in [0.5, 0.6) is 17.2 Å². The molecule has 2 saturated heterocycles. The summed E-state index contributed by atoms with van der Waals surface area (Å²) < 4.78 is 58.6. The van der Waals surface area contributed by atoms with E-state index in [0.29, 0.717) is 45.4 Å². The average molecular weight is 1360 g/mol. The molecule has 13 rings (SSSR count). The van der Waals surface area contributed by atoms with Crippen LogP contribution in [0.4, 0.5) is 5.82 Å². The lowest BCUT2D eigenvalue weighted by Crippen LogP contribution is -2.54. The van der Waals surface area contributed by atoms with Crippen LogP contribution in [0.2, 0.25) is 0 Å². The summed E-state index contributed by atoms with van der Waals surface area (Å²) in [6, 6.07) is 68.1. The molecule has 2 aliphatic heterocycles. The highest BCUT2D eigenvalue weighted by Gasteiger charge is 2.53. The van der Waals surface area contributed by atoms with Gasteiger partial charge in [-0.2, -0.15) is 0 Å². The number of likely N-dealkylation sites (tertiary alicyclic amines) is 1. The Morgan fingerprint density at radius 1 is 0.500 bits per heavy atom. The normalized spacial score (nSPS) is 17.2. The number of aromatic nitrogens is 4. The molecule has 24 heteroatoms. The second-order valence-corrected chi connectivity index (χ2v) is 24.6. The van der Waals surface area contributed by atoms with Gasteiger partial charge < -0.3 is 38.6 Å². The number of rotatable bonds is 22. The van der Waals surface area contributed by atoms with E-state index >= 15 is 4.79 Å². The van der Waals surface area contributed by atoms with E-state index in [1.165, 1.54) is 41.5 Å². The minimum absolute atomic E-state index is 0.00887. The second kappa shape index (κ2) is 29.7. The SMILES string of the molecule is O=C(Nc1ncnc2c1ncn2[C@@H]1O[C@H](COP(=O)(O)NC(=O)[C@@H]2CCCN2C(c2ccc(OC(=O)c3ccccc3)cc2)(c2ccc(OC(=O)c3ccccc3)cc2)c2ccc(OC(=O)c3ccccc3)cc2)[C@@H](OC(=O)c2ccccc2)[C@H]1OC(=O)c1ccccc1)c1ccccc1. The number of amides is 2. The summed E-state index contributed by atoms with van der Waals surface area (Å²) in [5, 5.41) is 5.04. The molecule has 4 heterocycles. The summed E-state index contributed by atoms with van der Waals surface area (Å²) >= 11 is 0. The topological polar surface area (TPSA) is 292 Å². The van der Waals surface area contributed by atoms with E-state index in [-0.39, 0.29) is 58.3 Å². The van der Waals surface area contributed by atoms with Crippen molar-refractivity contribution in [3.05, 3.63) is 318 Å². The van der Waals surface area contributed by atoms with Crippen LogP contribution < -0.4 is 24.6 Å². The molecule has 6 atom stereocenters. The lowest BCUT2D eigenvalue weighted by Gasteiger charge is -2.46. The van der Waals surface area contributed by atoms with Gasteiger partial charge in [0.2, 0.25) is 5.91 Å². The van der Waals surface area contributed by atoms with Crippen LogP contribution in [0.1, 0.15) is 97.9 Å². The smallest absolute Gasteiger partial charge is 0.432 e. The van der Waals surface area contributed by atoms with E-state index in [1.54, 1.807) is 231 Å². The molecule has 23 nitrogen and oxygen atoms in total. The number of fused-ring (bicyclic) bond motifs is 1. The first-order valence-electron chi connectivity index (χ1n) is 31.6. The Hall–Kier alpha value is -12.1. The van der Waals surface area contributed by atoms with Gasteiger partial charge in [-0.3, -0.25) is 28.7 Å². The van der Waals surface area contributed by atoms with Gasteiger partial charge in [0.25, 0.3) is 5.91 Å². The van der Waals surface area contributed by atoms with Gasteiger partial charge in [-0.05, 0) is 139 Å². The number of esters is 5. The Kier molecular flexibility index (Phi) is 19.8. The van der Waals surface area contributed by atoms with Crippen molar-refractivity contribution in [3.63, 3.8) is 0 Å². The summed E-state index contributed by atoms with van der Waals surface area (Å²) in [4.78, 5) is 125. The Morgan fingerprint density at radius 3 is 1.33 bits per heavy atom. The molecule has 500 valence electrons. The number of benzene rings is 9. The third-order valence-electron chi connectivity index (χ3n) is 16.8. The van der Waals surface area contributed by atoms with Gasteiger partial charge in [0.05, 0.1) is 52.3 Å². The number of hydrogen-bond donors (Lipinski definition) is 3. The molecule has 0 saturated carbocycles. The Balaban J connectivity index is 0.842. The van der Waals surface area contributed by atoms with E-state index in [0.717, 1.165) is 0 Å². The largest absolute Gasteiger partial charge is 0.452 e. The van der Waals surface area contributed by atoms with Crippen molar-refractivity contribution in [2.24, 2.45) is 0 Å². The number of nitrogens with one attached hydrogen (secondary N) is 2. The van der Waals surface area contributed by atoms with Crippen molar-refractivity contribution in [3.8, 4) is 17.2 Å². The molecule has 0 radical (unpaired) electrons. The van der Waals surface area contributed by atoms with Gasteiger partial charge in [0, 0.05) is 12.1 Å². The maximum atomic E-state index is 15.4. The van der Waals surface area contributed by atoms with Crippen LogP contribution in [-0.4, -0.2) is 108 Å². The van der Waals surface area contributed by atoms with E-state index in [9.17, 15) is 38.2 Å². The molecule has 11 aromatic rings. The van der Waals surface area contributed by atoms with Crippen LogP contribution >= 0.6 is 7.75 Å². The molecule has 3 N–H and O–H groups in total. The van der Waals surface area contributed by atoms with E-state index < -0.39 is 92.1 Å². The number of ether oxygens (including phenoxy) is 6. The molecule has 9 aromatic carbocycles. The zero-order valence-corrected chi connectivity index (χ0v) is 53.8. The van der Waals surface area contributed by atoms with Gasteiger partial charge in [-0.15, -0.1) is 0 Å². The number of anilines is 1. The van der Waals surface area contributed by atoms with Gasteiger partial charge in [-0.25, -0.2) is 43.5 Å². The molecule has 0 spiro atoms. The van der Waals surface area contributed by atoms with Crippen molar-refractivity contribution >= 4 is 66.4 Å².